The number of thiophene rings is 2. The zero-order chi connectivity index (χ0) is 15.1. The predicted octanol–water partition coefficient (Wildman–Crippen LogP) is 7.82. The average Bonchev–Trinajstić information content (AvgIpc) is 3.15. The molecule has 4 heteroatoms. The average molecular weight is 450 g/mol. The molecule has 0 fully saturated rings. The zero-order valence-electron chi connectivity index (χ0n) is 11.3. The zero-order valence-corrected chi connectivity index (χ0v) is 16.2. The Morgan fingerprint density at radius 1 is 0.591 bits per heavy atom. The van der Waals surface area contributed by atoms with E-state index in [1.807, 2.05) is 0 Å². The third kappa shape index (κ3) is 2.58. The van der Waals surface area contributed by atoms with Gasteiger partial charge in [0.1, 0.15) is 0 Å². The molecule has 4 rings (SSSR count). The Labute approximate surface area is 153 Å². The fourth-order valence-electron chi connectivity index (χ4n) is 2.67. The Hall–Kier alpha value is -0.940. The van der Waals surface area contributed by atoms with Gasteiger partial charge in [-0.05, 0) is 66.9 Å². The molecule has 0 aliphatic heterocycles. The van der Waals surface area contributed by atoms with E-state index in [9.17, 15) is 0 Å². The molecular formula is C18H10Br2S2. The van der Waals surface area contributed by atoms with E-state index in [1.54, 1.807) is 22.7 Å². The molecule has 2 aromatic heterocycles. The SMILES string of the molecule is Brc1ccc(-c2cccc3cccc(-c4ccc(Br)s4)c23)s1. The minimum Gasteiger partial charge on any atom is -0.128 e. The molecule has 0 nitrogen and oxygen atoms in total. The lowest BCUT2D eigenvalue weighted by Gasteiger charge is -2.09. The van der Waals surface area contributed by atoms with Crippen molar-refractivity contribution < 1.29 is 0 Å². The highest BCUT2D eigenvalue weighted by Gasteiger charge is 2.12. The van der Waals surface area contributed by atoms with E-state index in [1.165, 1.54) is 31.7 Å². The van der Waals surface area contributed by atoms with Crippen LogP contribution in [0.2, 0.25) is 0 Å². The van der Waals surface area contributed by atoms with Crippen molar-refractivity contribution in [2.24, 2.45) is 0 Å². The smallest absolute Gasteiger partial charge is 0.0705 e. The summed E-state index contributed by atoms with van der Waals surface area (Å²) in [7, 11) is 0. The van der Waals surface area contributed by atoms with Crippen LogP contribution in [0.5, 0.6) is 0 Å². The summed E-state index contributed by atoms with van der Waals surface area (Å²) in [5, 5.41) is 2.61. The Balaban J connectivity index is 2.06. The van der Waals surface area contributed by atoms with Gasteiger partial charge in [0.2, 0.25) is 0 Å². The van der Waals surface area contributed by atoms with Gasteiger partial charge in [-0.1, -0.05) is 36.4 Å². The first-order chi connectivity index (χ1) is 10.7. The third-order valence-corrected chi connectivity index (χ3v) is 6.90. The maximum absolute atomic E-state index is 3.57. The second kappa shape index (κ2) is 5.93. The van der Waals surface area contributed by atoms with Crippen molar-refractivity contribution in [3.8, 4) is 20.9 Å². The number of halogens is 2. The van der Waals surface area contributed by atoms with Gasteiger partial charge in [-0.15, -0.1) is 22.7 Å². The van der Waals surface area contributed by atoms with E-state index in [0.717, 1.165) is 7.57 Å². The summed E-state index contributed by atoms with van der Waals surface area (Å²) in [6.45, 7) is 0. The van der Waals surface area contributed by atoms with Crippen molar-refractivity contribution in [1.82, 2.24) is 0 Å². The largest absolute Gasteiger partial charge is 0.128 e. The fraction of sp³-hybridized carbons (Fsp3) is 0. The number of hydrogen-bond donors (Lipinski definition) is 0. The summed E-state index contributed by atoms with van der Waals surface area (Å²) in [5.41, 5.74) is 2.60. The second-order valence-corrected chi connectivity index (χ2v) is 9.84. The maximum atomic E-state index is 3.57. The topological polar surface area (TPSA) is 0 Å². The van der Waals surface area contributed by atoms with E-state index in [-0.39, 0.29) is 0 Å². The number of hydrogen-bond acceptors (Lipinski definition) is 2. The molecule has 0 aliphatic carbocycles. The molecule has 4 aromatic rings. The molecule has 0 amide bonds. The van der Waals surface area contributed by atoms with Gasteiger partial charge in [-0.2, -0.15) is 0 Å². The normalized spacial score (nSPS) is 11.2. The fourth-order valence-corrected chi connectivity index (χ4v) is 5.51. The van der Waals surface area contributed by atoms with Crippen molar-refractivity contribution in [3.63, 3.8) is 0 Å². The van der Waals surface area contributed by atoms with Gasteiger partial charge in [0, 0.05) is 20.9 Å². The van der Waals surface area contributed by atoms with Crippen molar-refractivity contribution in [2.45, 2.75) is 0 Å². The predicted molar refractivity (Wildman–Crippen MR) is 106 cm³/mol. The van der Waals surface area contributed by atoms with Crippen LogP contribution in [-0.2, 0) is 0 Å². The summed E-state index contributed by atoms with van der Waals surface area (Å²) in [6, 6.07) is 21.7. The summed E-state index contributed by atoms with van der Waals surface area (Å²) in [5.74, 6) is 0. The summed E-state index contributed by atoms with van der Waals surface area (Å²) < 4.78 is 2.33. The van der Waals surface area contributed by atoms with Crippen LogP contribution >= 0.6 is 54.5 Å². The minimum atomic E-state index is 1.16. The molecule has 2 heterocycles. The van der Waals surface area contributed by atoms with Gasteiger partial charge in [-0.25, -0.2) is 0 Å². The molecule has 22 heavy (non-hydrogen) atoms. The lowest BCUT2D eigenvalue weighted by Crippen LogP contribution is -1.82. The molecule has 0 N–H and O–H groups in total. The van der Waals surface area contributed by atoms with Crippen LogP contribution in [0, 0.1) is 0 Å². The van der Waals surface area contributed by atoms with Crippen LogP contribution in [0.3, 0.4) is 0 Å². The lowest BCUT2D eigenvalue weighted by atomic mass is 9.97. The monoisotopic (exact) mass is 448 g/mol. The molecule has 0 saturated heterocycles. The molecule has 0 unspecified atom stereocenters. The quantitative estimate of drug-likeness (QED) is 0.292. The summed E-state index contributed by atoms with van der Waals surface area (Å²) >= 11 is 10.7. The van der Waals surface area contributed by atoms with Gasteiger partial charge in [0.25, 0.3) is 0 Å². The van der Waals surface area contributed by atoms with Crippen molar-refractivity contribution in [2.75, 3.05) is 0 Å². The molecule has 0 atom stereocenters. The van der Waals surface area contributed by atoms with Crippen LogP contribution in [0.4, 0.5) is 0 Å². The number of benzene rings is 2. The van der Waals surface area contributed by atoms with Crippen LogP contribution < -0.4 is 0 Å². The molecule has 0 spiro atoms. The van der Waals surface area contributed by atoms with Gasteiger partial charge >= 0.3 is 0 Å². The van der Waals surface area contributed by atoms with E-state index >= 15 is 0 Å². The highest BCUT2D eigenvalue weighted by Crippen LogP contribution is 2.42. The lowest BCUT2D eigenvalue weighted by molar-refractivity contribution is 1.72. The van der Waals surface area contributed by atoms with Crippen LogP contribution in [0.15, 0.2) is 68.2 Å². The van der Waals surface area contributed by atoms with E-state index < -0.39 is 0 Å². The first-order valence-corrected chi connectivity index (χ1v) is 9.97. The standard InChI is InChI=1S/C18H10Br2S2/c19-16-9-7-14(21-16)12-5-1-3-11-4-2-6-13(18(11)12)15-8-10-17(20)22-15/h1-10H. The molecule has 0 saturated carbocycles. The molecular weight excluding hydrogens is 440 g/mol. The highest BCUT2D eigenvalue weighted by atomic mass is 79.9. The molecule has 0 radical (unpaired) electrons. The van der Waals surface area contributed by atoms with Gasteiger partial charge in [0.05, 0.1) is 7.57 Å². The Morgan fingerprint density at radius 2 is 1.09 bits per heavy atom. The Morgan fingerprint density at radius 3 is 1.50 bits per heavy atom. The second-order valence-electron chi connectivity index (χ2n) is 4.92. The van der Waals surface area contributed by atoms with Crippen LogP contribution in [-0.4, -0.2) is 0 Å². The van der Waals surface area contributed by atoms with E-state index in [4.69, 9.17) is 0 Å². The first-order valence-electron chi connectivity index (χ1n) is 6.75. The Bertz CT molecular complexity index is 891. The third-order valence-electron chi connectivity index (χ3n) is 3.58. The Kier molecular flexibility index (Phi) is 3.95. The van der Waals surface area contributed by atoms with E-state index in [2.05, 4.69) is 92.5 Å². The summed E-state index contributed by atoms with van der Waals surface area (Å²) in [4.78, 5) is 2.58. The minimum absolute atomic E-state index is 1.16. The maximum Gasteiger partial charge on any atom is 0.0705 e. The first kappa shape index (κ1) is 14.6. The molecule has 2 aromatic carbocycles. The van der Waals surface area contributed by atoms with Crippen LogP contribution in [0.1, 0.15) is 0 Å². The van der Waals surface area contributed by atoms with Crippen molar-refractivity contribution in [1.29, 1.82) is 0 Å². The van der Waals surface area contributed by atoms with Gasteiger partial charge < -0.3 is 0 Å². The number of fused-ring (bicyclic) bond motifs is 1. The molecule has 108 valence electrons. The van der Waals surface area contributed by atoms with Gasteiger partial charge in [-0.3, -0.25) is 0 Å². The highest BCUT2D eigenvalue weighted by molar-refractivity contribution is 9.11. The van der Waals surface area contributed by atoms with Crippen molar-refractivity contribution in [3.05, 3.63) is 68.2 Å². The molecule has 0 aliphatic rings. The van der Waals surface area contributed by atoms with Crippen LogP contribution in [0.25, 0.3) is 31.7 Å². The molecule has 0 bridgehead atoms. The van der Waals surface area contributed by atoms with Gasteiger partial charge in [0.15, 0.2) is 0 Å². The van der Waals surface area contributed by atoms with Crippen molar-refractivity contribution >= 4 is 65.3 Å². The van der Waals surface area contributed by atoms with E-state index in [0.29, 0.717) is 0 Å². The summed E-state index contributed by atoms with van der Waals surface area (Å²) in [6.07, 6.45) is 0. The number of rotatable bonds is 2.